The second-order valence-electron chi connectivity index (χ2n) is 3.74. The molecule has 4 nitrogen and oxygen atoms in total. The summed E-state index contributed by atoms with van der Waals surface area (Å²) in [6.45, 7) is 2.08. The summed E-state index contributed by atoms with van der Waals surface area (Å²) in [4.78, 5) is 2.07. The second-order valence-corrected chi connectivity index (χ2v) is 3.74. The van der Waals surface area contributed by atoms with E-state index in [2.05, 4.69) is 10.8 Å². The molecule has 1 aromatic carbocycles. The number of anilines is 1. The van der Waals surface area contributed by atoms with Crippen LogP contribution in [0.25, 0.3) is 0 Å². The molecule has 98 valence electrons. The first-order valence-electron chi connectivity index (χ1n) is 5.84. The topological polar surface area (TPSA) is 41.9 Å². The minimum Gasteiger partial charge on any atom is -0.481 e. The van der Waals surface area contributed by atoms with E-state index >= 15 is 0 Å². The molecule has 0 saturated heterocycles. The van der Waals surface area contributed by atoms with Gasteiger partial charge in [0.15, 0.2) is 0 Å². The van der Waals surface area contributed by atoms with Gasteiger partial charge in [0.1, 0.15) is 12.4 Å². The van der Waals surface area contributed by atoms with Crippen LogP contribution in [0.4, 0.5) is 5.69 Å². The van der Waals surface area contributed by atoms with Crippen LogP contribution >= 0.6 is 0 Å². The van der Waals surface area contributed by atoms with Crippen molar-refractivity contribution in [2.24, 2.45) is 0 Å². The Morgan fingerprint density at radius 1 is 1.28 bits per heavy atom. The third-order valence-electron chi connectivity index (χ3n) is 2.41. The third-order valence-corrected chi connectivity index (χ3v) is 2.41. The number of benzene rings is 1. The number of aliphatic hydroxyl groups excluding tert-OH is 1. The van der Waals surface area contributed by atoms with Crippen molar-refractivity contribution in [1.29, 1.82) is 0 Å². The smallest absolute Gasteiger partial charge is 0.148 e. The molecule has 0 radical (unpaired) electrons. The van der Waals surface area contributed by atoms with Crippen molar-refractivity contribution in [3.8, 4) is 18.1 Å². The van der Waals surface area contributed by atoms with Crippen LogP contribution in [0.3, 0.4) is 0 Å². The van der Waals surface area contributed by atoms with Crippen LogP contribution in [0, 0.1) is 12.3 Å². The summed E-state index contributed by atoms with van der Waals surface area (Å²) in [5.41, 5.74) is 1.08. The van der Waals surface area contributed by atoms with E-state index in [0.29, 0.717) is 13.2 Å². The van der Waals surface area contributed by atoms with Gasteiger partial charge in [0.2, 0.25) is 0 Å². The maximum absolute atomic E-state index is 8.58. The summed E-state index contributed by atoms with van der Waals surface area (Å²) in [6.07, 6.45) is 5.12. The molecule has 0 amide bonds. The van der Waals surface area contributed by atoms with Gasteiger partial charge in [-0.15, -0.1) is 6.42 Å². The lowest BCUT2D eigenvalue weighted by molar-refractivity contribution is 0.0971. The number of rotatable bonds is 8. The summed E-state index contributed by atoms with van der Waals surface area (Å²) in [5, 5.41) is 8.58. The van der Waals surface area contributed by atoms with E-state index in [1.165, 1.54) is 0 Å². The molecule has 0 aliphatic heterocycles. The molecule has 0 heterocycles. The van der Waals surface area contributed by atoms with Gasteiger partial charge in [-0.25, -0.2) is 0 Å². The average molecular weight is 249 g/mol. The van der Waals surface area contributed by atoms with E-state index in [0.717, 1.165) is 18.0 Å². The van der Waals surface area contributed by atoms with E-state index in [1.54, 1.807) is 0 Å². The fraction of sp³-hybridized carbons (Fsp3) is 0.429. The van der Waals surface area contributed by atoms with Gasteiger partial charge in [-0.05, 0) is 24.3 Å². The lowest BCUT2D eigenvalue weighted by Gasteiger charge is -2.19. The molecule has 0 fully saturated rings. The number of likely N-dealkylation sites (N-methyl/N-ethyl adjacent to an activating group) is 1. The minimum absolute atomic E-state index is 0.0604. The van der Waals surface area contributed by atoms with Crippen molar-refractivity contribution in [3.63, 3.8) is 0 Å². The Hall–Kier alpha value is -1.70. The Labute approximate surface area is 108 Å². The number of nitrogens with zero attached hydrogens (tertiary/aromatic N) is 1. The van der Waals surface area contributed by atoms with E-state index in [1.807, 2.05) is 31.3 Å². The third kappa shape index (κ3) is 5.09. The zero-order valence-corrected chi connectivity index (χ0v) is 10.6. The predicted octanol–water partition coefficient (Wildman–Crippen LogP) is 1.14. The van der Waals surface area contributed by atoms with Crippen LogP contribution in [0.15, 0.2) is 24.3 Å². The monoisotopic (exact) mass is 249 g/mol. The maximum Gasteiger partial charge on any atom is 0.148 e. The van der Waals surface area contributed by atoms with Crippen LogP contribution in [-0.4, -0.2) is 45.1 Å². The van der Waals surface area contributed by atoms with Gasteiger partial charge in [-0.3, -0.25) is 0 Å². The molecule has 0 aliphatic rings. The van der Waals surface area contributed by atoms with Gasteiger partial charge in [0.05, 0.1) is 19.8 Å². The number of hydrogen-bond donors (Lipinski definition) is 1. The number of hydrogen-bond acceptors (Lipinski definition) is 4. The highest BCUT2D eigenvalue weighted by Crippen LogP contribution is 2.18. The second kappa shape index (κ2) is 8.40. The largest absolute Gasteiger partial charge is 0.481 e. The zero-order valence-electron chi connectivity index (χ0n) is 10.6. The van der Waals surface area contributed by atoms with Crippen molar-refractivity contribution in [3.05, 3.63) is 24.3 Å². The Balaban J connectivity index is 2.39. The first-order chi connectivity index (χ1) is 8.77. The van der Waals surface area contributed by atoms with Gasteiger partial charge in [0.25, 0.3) is 0 Å². The Morgan fingerprint density at radius 3 is 2.61 bits per heavy atom. The standard InChI is InChI=1S/C14H19NO3/c1-3-10-18-14-6-4-13(5-7-14)15(2)8-11-17-12-9-16/h1,4-7,16H,8-12H2,2H3. The fourth-order valence-corrected chi connectivity index (χ4v) is 1.42. The molecule has 0 saturated carbocycles. The zero-order chi connectivity index (χ0) is 13.2. The van der Waals surface area contributed by atoms with E-state index in [4.69, 9.17) is 21.0 Å². The summed E-state index contributed by atoms with van der Waals surface area (Å²) in [5.74, 6) is 3.19. The molecule has 1 N–H and O–H groups in total. The van der Waals surface area contributed by atoms with E-state index < -0.39 is 0 Å². The highest BCUT2D eigenvalue weighted by atomic mass is 16.5. The van der Waals surface area contributed by atoms with Gasteiger partial charge in [-0.1, -0.05) is 5.92 Å². The molecule has 1 rings (SSSR count). The number of terminal acetylenes is 1. The average Bonchev–Trinajstić information content (AvgIpc) is 2.41. The first kappa shape index (κ1) is 14.4. The van der Waals surface area contributed by atoms with Crippen molar-refractivity contribution in [2.45, 2.75) is 0 Å². The summed E-state index contributed by atoms with van der Waals surface area (Å²) < 4.78 is 10.5. The Kier molecular flexibility index (Phi) is 6.70. The normalized spacial score (nSPS) is 9.83. The Morgan fingerprint density at radius 2 is 2.00 bits per heavy atom. The van der Waals surface area contributed by atoms with Crippen molar-refractivity contribution >= 4 is 5.69 Å². The van der Waals surface area contributed by atoms with Crippen LogP contribution < -0.4 is 9.64 Å². The molecule has 0 aromatic heterocycles. The van der Waals surface area contributed by atoms with Crippen LogP contribution in [0.2, 0.25) is 0 Å². The molecule has 0 bridgehead atoms. The van der Waals surface area contributed by atoms with Crippen LogP contribution in [0.5, 0.6) is 5.75 Å². The summed E-state index contributed by atoms with van der Waals surface area (Å²) in [7, 11) is 1.99. The maximum atomic E-state index is 8.58. The van der Waals surface area contributed by atoms with Gasteiger partial charge in [0, 0.05) is 19.3 Å². The molecule has 0 aliphatic carbocycles. The van der Waals surface area contributed by atoms with Gasteiger partial charge in [-0.2, -0.15) is 0 Å². The minimum atomic E-state index is 0.0604. The van der Waals surface area contributed by atoms with Gasteiger partial charge >= 0.3 is 0 Å². The van der Waals surface area contributed by atoms with E-state index in [-0.39, 0.29) is 13.2 Å². The van der Waals surface area contributed by atoms with Crippen molar-refractivity contribution in [1.82, 2.24) is 0 Å². The van der Waals surface area contributed by atoms with Crippen LogP contribution in [-0.2, 0) is 4.74 Å². The van der Waals surface area contributed by atoms with E-state index in [9.17, 15) is 0 Å². The van der Waals surface area contributed by atoms with Crippen LogP contribution in [0.1, 0.15) is 0 Å². The highest BCUT2D eigenvalue weighted by Gasteiger charge is 2.01. The number of aliphatic hydroxyl groups is 1. The molecule has 4 heteroatoms. The quantitative estimate of drug-likeness (QED) is 0.554. The molecule has 0 unspecified atom stereocenters. The molecule has 18 heavy (non-hydrogen) atoms. The molecule has 0 spiro atoms. The first-order valence-corrected chi connectivity index (χ1v) is 5.84. The SMILES string of the molecule is C#CCOc1ccc(N(C)CCOCCO)cc1. The van der Waals surface area contributed by atoms with Crippen molar-refractivity contribution in [2.75, 3.05) is 44.9 Å². The predicted molar refractivity (Wildman–Crippen MR) is 71.9 cm³/mol. The highest BCUT2D eigenvalue weighted by molar-refractivity contribution is 5.48. The molecular formula is C14H19NO3. The lowest BCUT2D eigenvalue weighted by Crippen LogP contribution is -2.23. The van der Waals surface area contributed by atoms with Gasteiger partial charge < -0.3 is 19.5 Å². The number of ether oxygens (including phenoxy) is 2. The summed E-state index contributed by atoms with van der Waals surface area (Å²) in [6, 6.07) is 7.71. The summed E-state index contributed by atoms with van der Waals surface area (Å²) >= 11 is 0. The fourth-order valence-electron chi connectivity index (χ4n) is 1.42. The molecular weight excluding hydrogens is 230 g/mol. The Bertz CT molecular complexity index is 370. The van der Waals surface area contributed by atoms with Crippen molar-refractivity contribution < 1.29 is 14.6 Å². The lowest BCUT2D eigenvalue weighted by atomic mass is 10.3. The molecule has 0 atom stereocenters. The molecule has 1 aromatic rings.